The third-order valence-electron chi connectivity index (χ3n) is 3.03. The molecule has 0 saturated carbocycles. The van der Waals surface area contributed by atoms with Gasteiger partial charge in [0.1, 0.15) is 11.1 Å². The van der Waals surface area contributed by atoms with Crippen LogP contribution in [0.5, 0.6) is 0 Å². The first-order chi connectivity index (χ1) is 10.4. The number of aromatic nitrogens is 2. The van der Waals surface area contributed by atoms with Gasteiger partial charge in [-0.15, -0.1) is 11.3 Å². The lowest BCUT2D eigenvalue weighted by atomic mass is 10.1. The number of carbonyl (C=O) groups is 2. The summed E-state index contributed by atoms with van der Waals surface area (Å²) >= 11 is 1.40. The molecule has 116 valence electrons. The molecule has 8 heteroatoms. The molecule has 2 aromatic rings. The molecule has 2 aromatic heterocycles. The lowest BCUT2D eigenvalue weighted by Crippen LogP contribution is -2.32. The lowest BCUT2D eigenvalue weighted by Gasteiger charge is -2.13. The van der Waals surface area contributed by atoms with E-state index in [-0.39, 0.29) is 18.2 Å². The van der Waals surface area contributed by atoms with Crippen molar-refractivity contribution in [1.82, 2.24) is 14.9 Å². The number of carboxylic acid groups (broad SMARTS) is 1. The van der Waals surface area contributed by atoms with Crippen LogP contribution in [-0.4, -0.2) is 26.5 Å². The first-order valence-corrected chi connectivity index (χ1v) is 7.48. The molecule has 0 aliphatic rings. The van der Waals surface area contributed by atoms with E-state index in [1.54, 1.807) is 10.9 Å². The molecule has 0 aliphatic heterocycles. The van der Waals surface area contributed by atoms with Crippen LogP contribution in [0.25, 0.3) is 0 Å². The second-order valence-electron chi connectivity index (χ2n) is 4.92. The van der Waals surface area contributed by atoms with Gasteiger partial charge in [0.2, 0.25) is 5.43 Å². The van der Waals surface area contributed by atoms with Gasteiger partial charge in [0.05, 0.1) is 17.7 Å². The molecule has 2 heterocycles. The van der Waals surface area contributed by atoms with Crippen molar-refractivity contribution < 1.29 is 14.7 Å². The molecule has 2 rings (SSSR count). The molecule has 0 unspecified atom stereocenters. The van der Waals surface area contributed by atoms with Gasteiger partial charge in [-0.3, -0.25) is 9.59 Å². The van der Waals surface area contributed by atoms with E-state index in [1.807, 2.05) is 13.8 Å². The number of hydrogen-bond donors (Lipinski definition) is 2. The molecule has 0 aromatic carbocycles. The maximum Gasteiger partial charge on any atom is 0.341 e. The van der Waals surface area contributed by atoms with Gasteiger partial charge in [-0.2, -0.15) is 0 Å². The highest BCUT2D eigenvalue weighted by molar-refractivity contribution is 7.07. The summed E-state index contributed by atoms with van der Waals surface area (Å²) in [5.74, 6) is -1.97. The summed E-state index contributed by atoms with van der Waals surface area (Å²) < 4.78 is 1.53. The number of thiazole rings is 1. The van der Waals surface area contributed by atoms with Crippen LogP contribution in [0.3, 0.4) is 0 Å². The smallest absolute Gasteiger partial charge is 0.341 e. The third-order valence-corrected chi connectivity index (χ3v) is 3.67. The Hall–Kier alpha value is -2.48. The van der Waals surface area contributed by atoms with Crippen molar-refractivity contribution in [1.29, 1.82) is 0 Å². The zero-order valence-corrected chi connectivity index (χ0v) is 12.9. The maximum absolute atomic E-state index is 12.2. The Morgan fingerprint density at radius 2 is 2.05 bits per heavy atom. The minimum absolute atomic E-state index is 0.0798. The Balaban J connectivity index is 2.34. The molecular weight excluding hydrogens is 306 g/mol. The third kappa shape index (κ3) is 3.40. The Labute approximate surface area is 130 Å². The number of rotatable bonds is 5. The monoisotopic (exact) mass is 321 g/mol. The largest absolute Gasteiger partial charge is 0.477 e. The van der Waals surface area contributed by atoms with Crippen molar-refractivity contribution in [2.75, 3.05) is 0 Å². The van der Waals surface area contributed by atoms with Crippen LogP contribution < -0.4 is 10.7 Å². The van der Waals surface area contributed by atoms with E-state index in [4.69, 9.17) is 5.11 Å². The van der Waals surface area contributed by atoms with E-state index < -0.39 is 22.9 Å². The fourth-order valence-electron chi connectivity index (χ4n) is 1.80. The molecule has 0 radical (unpaired) electrons. The van der Waals surface area contributed by atoms with Gasteiger partial charge in [-0.1, -0.05) is 0 Å². The average molecular weight is 321 g/mol. The molecule has 0 atom stereocenters. The number of nitrogens with zero attached hydrogens (tertiary/aromatic N) is 2. The highest BCUT2D eigenvalue weighted by Crippen LogP contribution is 2.07. The van der Waals surface area contributed by atoms with Crippen molar-refractivity contribution in [3.63, 3.8) is 0 Å². The summed E-state index contributed by atoms with van der Waals surface area (Å²) in [5, 5.41) is 13.5. The molecule has 2 N–H and O–H groups in total. The number of nitrogens with one attached hydrogen (secondary N) is 1. The Bertz CT molecular complexity index is 750. The number of aromatic carboxylic acids is 1. The van der Waals surface area contributed by atoms with Crippen LogP contribution in [0.15, 0.2) is 28.1 Å². The molecule has 0 bridgehead atoms. The van der Waals surface area contributed by atoms with Crippen LogP contribution in [0.2, 0.25) is 0 Å². The number of carboxylic acids is 1. The molecule has 22 heavy (non-hydrogen) atoms. The van der Waals surface area contributed by atoms with Crippen molar-refractivity contribution in [2.24, 2.45) is 0 Å². The Morgan fingerprint density at radius 3 is 2.59 bits per heavy atom. The van der Waals surface area contributed by atoms with E-state index in [0.29, 0.717) is 5.69 Å². The van der Waals surface area contributed by atoms with E-state index in [1.165, 1.54) is 28.3 Å². The van der Waals surface area contributed by atoms with Gasteiger partial charge in [-0.25, -0.2) is 9.78 Å². The first kappa shape index (κ1) is 15.9. The van der Waals surface area contributed by atoms with Crippen LogP contribution in [0.1, 0.15) is 46.3 Å². The predicted octanol–water partition coefficient (Wildman–Crippen LogP) is 1.51. The predicted molar refractivity (Wildman–Crippen MR) is 81.3 cm³/mol. The van der Waals surface area contributed by atoms with Gasteiger partial charge >= 0.3 is 5.97 Å². The summed E-state index contributed by atoms with van der Waals surface area (Å²) in [4.78, 5) is 39.5. The van der Waals surface area contributed by atoms with Crippen LogP contribution in [-0.2, 0) is 6.54 Å². The quantitative estimate of drug-likeness (QED) is 0.869. The van der Waals surface area contributed by atoms with Crippen LogP contribution in [0, 0.1) is 0 Å². The van der Waals surface area contributed by atoms with Gasteiger partial charge in [0, 0.05) is 23.8 Å². The van der Waals surface area contributed by atoms with Gasteiger partial charge < -0.3 is 15.0 Å². The summed E-state index contributed by atoms with van der Waals surface area (Å²) in [6.45, 7) is 3.83. The molecule has 1 amide bonds. The molecule has 0 fully saturated rings. The molecular formula is C14H15N3O4S. The van der Waals surface area contributed by atoms with Crippen LogP contribution in [0.4, 0.5) is 0 Å². The average Bonchev–Trinajstić information content (AvgIpc) is 2.97. The lowest BCUT2D eigenvalue weighted by molar-refractivity contribution is 0.0694. The number of hydrogen-bond acceptors (Lipinski definition) is 5. The zero-order chi connectivity index (χ0) is 16.3. The zero-order valence-electron chi connectivity index (χ0n) is 12.1. The molecule has 0 spiro atoms. The van der Waals surface area contributed by atoms with Gasteiger partial charge in [-0.05, 0) is 13.8 Å². The summed E-state index contributed by atoms with van der Waals surface area (Å²) in [7, 11) is 0. The number of amides is 1. The Morgan fingerprint density at radius 1 is 1.36 bits per heavy atom. The summed E-state index contributed by atoms with van der Waals surface area (Å²) in [6, 6.07) is -0.0798. The highest BCUT2D eigenvalue weighted by Gasteiger charge is 2.19. The van der Waals surface area contributed by atoms with E-state index in [2.05, 4.69) is 10.3 Å². The summed E-state index contributed by atoms with van der Waals surface area (Å²) in [5.41, 5.74) is 0.911. The van der Waals surface area contributed by atoms with Gasteiger partial charge in [0.25, 0.3) is 5.91 Å². The minimum atomic E-state index is -1.35. The molecule has 0 aliphatic carbocycles. The first-order valence-electron chi connectivity index (χ1n) is 6.54. The highest BCUT2D eigenvalue weighted by atomic mass is 32.1. The van der Waals surface area contributed by atoms with Crippen molar-refractivity contribution in [3.8, 4) is 0 Å². The topological polar surface area (TPSA) is 101 Å². The fraction of sp³-hybridized carbons (Fsp3) is 0.286. The number of pyridine rings is 1. The van der Waals surface area contributed by atoms with Crippen LogP contribution >= 0.6 is 11.3 Å². The van der Waals surface area contributed by atoms with Crippen molar-refractivity contribution >= 4 is 23.2 Å². The second kappa shape index (κ2) is 6.52. The molecule has 7 nitrogen and oxygen atoms in total. The van der Waals surface area contributed by atoms with Gasteiger partial charge in [0.15, 0.2) is 0 Å². The maximum atomic E-state index is 12.2. The normalized spacial score (nSPS) is 10.7. The van der Waals surface area contributed by atoms with Crippen molar-refractivity contribution in [3.05, 3.63) is 50.3 Å². The van der Waals surface area contributed by atoms with Crippen molar-refractivity contribution in [2.45, 2.75) is 26.4 Å². The SMILES string of the molecule is CC(C)n1cc(C(=O)O)c(=O)c(C(=O)NCc2cscn2)c1. The summed E-state index contributed by atoms with van der Waals surface area (Å²) in [6.07, 6.45) is 2.61. The fourth-order valence-corrected chi connectivity index (χ4v) is 2.36. The minimum Gasteiger partial charge on any atom is -0.477 e. The van der Waals surface area contributed by atoms with E-state index in [9.17, 15) is 14.4 Å². The standard InChI is InChI=1S/C14H15N3O4S/c1-8(2)17-4-10(12(18)11(5-17)14(20)21)13(19)15-3-9-6-22-7-16-9/h4-8H,3H2,1-2H3,(H,15,19)(H,20,21). The molecule has 0 saturated heterocycles. The van der Waals surface area contributed by atoms with E-state index >= 15 is 0 Å². The second-order valence-corrected chi connectivity index (χ2v) is 5.64. The number of carbonyl (C=O) groups excluding carboxylic acids is 1. The Kier molecular flexibility index (Phi) is 4.71. The van der Waals surface area contributed by atoms with E-state index in [0.717, 1.165) is 0 Å².